The molecule has 0 spiro atoms. The summed E-state index contributed by atoms with van der Waals surface area (Å²) in [7, 11) is 0. The molecule has 1 aliphatic rings. The summed E-state index contributed by atoms with van der Waals surface area (Å²) < 4.78 is 11.0. The fraction of sp³-hybridized carbons (Fsp3) is 0.417. The lowest BCUT2D eigenvalue weighted by Crippen LogP contribution is -2.17. The highest BCUT2D eigenvalue weighted by Gasteiger charge is 2.18. The Labute approximate surface area is 172 Å². The number of anilines is 1. The van der Waals surface area contributed by atoms with Gasteiger partial charge in [0.1, 0.15) is 13.2 Å². The van der Waals surface area contributed by atoms with Crippen molar-refractivity contribution in [3.63, 3.8) is 0 Å². The Morgan fingerprint density at radius 3 is 2.14 bits per heavy atom. The highest BCUT2D eigenvalue weighted by molar-refractivity contribution is 6.00. The van der Waals surface area contributed by atoms with Crippen LogP contribution in [0.2, 0.25) is 0 Å². The van der Waals surface area contributed by atoms with Crippen LogP contribution in [0.15, 0.2) is 36.4 Å². The number of benzene rings is 2. The van der Waals surface area contributed by atoms with Crippen molar-refractivity contribution in [2.75, 3.05) is 18.5 Å². The summed E-state index contributed by atoms with van der Waals surface area (Å²) in [4.78, 5) is 25.2. The van der Waals surface area contributed by atoms with Gasteiger partial charge >= 0.3 is 0 Å². The Hall–Kier alpha value is -2.82. The summed E-state index contributed by atoms with van der Waals surface area (Å²) in [6.07, 6.45) is 0.281. The highest BCUT2D eigenvalue weighted by atomic mass is 16.6. The van der Waals surface area contributed by atoms with Crippen LogP contribution in [0, 0.1) is 0 Å². The molecule has 2 aromatic rings. The number of fused-ring (bicyclic) bond motifs is 1. The van der Waals surface area contributed by atoms with Gasteiger partial charge in [0.05, 0.1) is 0 Å². The minimum absolute atomic E-state index is 0.0849. The second-order valence-electron chi connectivity index (χ2n) is 7.95. The molecule has 5 heteroatoms. The number of ketones is 1. The molecule has 0 unspecified atom stereocenters. The number of nitrogens with one attached hydrogen (secondary N) is 1. The van der Waals surface area contributed by atoms with E-state index < -0.39 is 0 Å². The average Bonchev–Trinajstić information content (AvgIpc) is 2.71. The van der Waals surface area contributed by atoms with Crippen LogP contribution in [-0.4, -0.2) is 24.9 Å². The van der Waals surface area contributed by atoms with E-state index in [2.05, 4.69) is 33.0 Å². The quantitative estimate of drug-likeness (QED) is 0.646. The van der Waals surface area contributed by atoms with Gasteiger partial charge in [-0.25, -0.2) is 0 Å². The number of rotatable bonds is 7. The summed E-state index contributed by atoms with van der Waals surface area (Å²) >= 11 is 0. The molecule has 1 aliphatic heterocycles. The smallest absolute Gasteiger partial charge is 0.224 e. The van der Waals surface area contributed by atoms with E-state index in [-0.39, 0.29) is 24.5 Å². The Bertz CT molecular complexity index is 875. The van der Waals surface area contributed by atoms with Gasteiger partial charge < -0.3 is 14.8 Å². The molecule has 154 valence electrons. The van der Waals surface area contributed by atoms with Crippen molar-refractivity contribution in [1.82, 2.24) is 0 Å². The van der Waals surface area contributed by atoms with Crippen LogP contribution < -0.4 is 14.8 Å². The number of para-hydroxylation sites is 1. The number of carbonyl (C=O) groups excluding carboxylic acids is 2. The number of Topliss-reactive ketones (excluding diaryl/α,β-unsaturated/α-hetero) is 1. The third-order valence-electron chi connectivity index (χ3n) is 5.08. The summed E-state index contributed by atoms with van der Waals surface area (Å²) in [5.74, 6) is 1.59. The molecule has 0 saturated carbocycles. The highest BCUT2D eigenvalue weighted by Crippen LogP contribution is 2.33. The molecule has 1 N–H and O–H groups in total. The van der Waals surface area contributed by atoms with Crippen molar-refractivity contribution in [2.24, 2.45) is 0 Å². The molecule has 2 aromatic carbocycles. The van der Waals surface area contributed by atoms with Crippen molar-refractivity contribution < 1.29 is 19.1 Å². The van der Waals surface area contributed by atoms with Crippen LogP contribution in [-0.2, 0) is 4.79 Å². The zero-order valence-electron chi connectivity index (χ0n) is 17.6. The van der Waals surface area contributed by atoms with Gasteiger partial charge in [0.15, 0.2) is 17.3 Å². The zero-order valence-corrected chi connectivity index (χ0v) is 17.6. The third kappa shape index (κ3) is 4.97. The van der Waals surface area contributed by atoms with E-state index in [1.807, 2.05) is 18.2 Å². The van der Waals surface area contributed by atoms with Crippen molar-refractivity contribution in [1.29, 1.82) is 0 Å². The third-order valence-corrected chi connectivity index (χ3v) is 5.08. The second kappa shape index (κ2) is 9.12. The predicted octanol–water partition coefficient (Wildman–Crippen LogP) is 5.31. The first kappa shape index (κ1) is 20.9. The summed E-state index contributed by atoms with van der Waals surface area (Å²) in [6.45, 7) is 9.43. The average molecular weight is 395 g/mol. The van der Waals surface area contributed by atoms with Crippen LogP contribution in [0.25, 0.3) is 0 Å². The maximum absolute atomic E-state index is 12.6. The first-order chi connectivity index (χ1) is 13.9. The van der Waals surface area contributed by atoms with Gasteiger partial charge in [-0.15, -0.1) is 0 Å². The molecule has 0 saturated heterocycles. The van der Waals surface area contributed by atoms with Crippen molar-refractivity contribution in [2.45, 2.75) is 52.4 Å². The lowest BCUT2D eigenvalue weighted by molar-refractivity contribution is -0.116. The van der Waals surface area contributed by atoms with Gasteiger partial charge in [-0.2, -0.15) is 0 Å². The number of ether oxygens (including phenoxy) is 2. The molecular formula is C24H29NO4. The fourth-order valence-electron chi connectivity index (χ4n) is 3.49. The lowest BCUT2D eigenvalue weighted by Gasteiger charge is -2.20. The molecule has 0 aliphatic carbocycles. The Morgan fingerprint density at radius 2 is 1.52 bits per heavy atom. The second-order valence-corrected chi connectivity index (χ2v) is 7.95. The number of hydrogen-bond acceptors (Lipinski definition) is 4. The standard InChI is InChI=1S/C24H29NO4/c1-15(2)18-6-5-7-19(16(3)4)24(18)25-23(27)11-9-20(26)17-8-10-21-22(14-17)29-13-12-28-21/h5-8,10,14-16H,9,11-13H2,1-4H3,(H,25,27). The molecule has 5 nitrogen and oxygen atoms in total. The van der Waals surface area contributed by atoms with Gasteiger partial charge in [-0.3, -0.25) is 9.59 Å². The molecule has 1 heterocycles. The first-order valence-corrected chi connectivity index (χ1v) is 10.2. The van der Waals surface area contributed by atoms with Crippen molar-refractivity contribution in [3.8, 4) is 11.5 Å². The minimum atomic E-state index is -0.147. The van der Waals surface area contributed by atoms with Gasteiger partial charge in [0, 0.05) is 24.1 Å². The zero-order chi connectivity index (χ0) is 21.0. The van der Waals surface area contributed by atoms with E-state index in [0.717, 1.165) is 16.8 Å². The number of hydrogen-bond donors (Lipinski definition) is 1. The van der Waals surface area contributed by atoms with Crippen molar-refractivity contribution in [3.05, 3.63) is 53.1 Å². The van der Waals surface area contributed by atoms with E-state index in [4.69, 9.17) is 9.47 Å². The maximum Gasteiger partial charge on any atom is 0.224 e. The van der Waals surface area contributed by atoms with E-state index in [1.165, 1.54) is 0 Å². The SMILES string of the molecule is CC(C)c1cccc(C(C)C)c1NC(=O)CCC(=O)c1ccc2c(c1)OCCO2. The largest absolute Gasteiger partial charge is 0.486 e. The van der Waals surface area contributed by atoms with Gasteiger partial charge in [-0.05, 0) is 41.2 Å². The molecule has 1 amide bonds. The van der Waals surface area contributed by atoms with E-state index in [0.29, 0.717) is 42.1 Å². The molecule has 3 rings (SSSR count). The summed E-state index contributed by atoms with van der Waals surface area (Å²) in [5, 5.41) is 3.06. The van der Waals surface area contributed by atoms with E-state index >= 15 is 0 Å². The van der Waals surface area contributed by atoms with Crippen LogP contribution in [0.3, 0.4) is 0 Å². The van der Waals surface area contributed by atoms with Crippen LogP contribution in [0.5, 0.6) is 11.5 Å². The number of amides is 1. The summed E-state index contributed by atoms with van der Waals surface area (Å²) in [6, 6.07) is 11.3. The van der Waals surface area contributed by atoms with Crippen LogP contribution >= 0.6 is 0 Å². The molecular weight excluding hydrogens is 366 g/mol. The van der Waals surface area contributed by atoms with Gasteiger partial charge in [0.25, 0.3) is 0 Å². The van der Waals surface area contributed by atoms with Gasteiger partial charge in [-0.1, -0.05) is 45.9 Å². The van der Waals surface area contributed by atoms with Gasteiger partial charge in [0.2, 0.25) is 5.91 Å². The Balaban J connectivity index is 1.67. The lowest BCUT2D eigenvalue weighted by atomic mass is 9.92. The van der Waals surface area contributed by atoms with Crippen LogP contribution in [0.1, 0.15) is 73.9 Å². The normalized spacial score (nSPS) is 12.9. The van der Waals surface area contributed by atoms with Crippen molar-refractivity contribution >= 4 is 17.4 Å². The number of carbonyl (C=O) groups is 2. The molecule has 0 radical (unpaired) electrons. The van der Waals surface area contributed by atoms with E-state index in [9.17, 15) is 9.59 Å². The Morgan fingerprint density at radius 1 is 0.897 bits per heavy atom. The Kier molecular flexibility index (Phi) is 6.57. The minimum Gasteiger partial charge on any atom is -0.486 e. The monoisotopic (exact) mass is 395 g/mol. The first-order valence-electron chi connectivity index (χ1n) is 10.2. The fourth-order valence-corrected chi connectivity index (χ4v) is 3.49. The predicted molar refractivity (Wildman–Crippen MR) is 114 cm³/mol. The maximum atomic E-state index is 12.6. The van der Waals surface area contributed by atoms with Crippen LogP contribution in [0.4, 0.5) is 5.69 Å². The topological polar surface area (TPSA) is 64.6 Å². The molecule has 0 fully saturated rings. The van der Waals surface area contributed by atoms with E-state index in [1.54, 1.807) is 18.2 Å². The molecule has 0 aromatic heterocycles. The molecule has 0 atom stereocenters. The summed E-state index contributed by atoms with van der Waals surface area (Å²) in [5.41, 5.74) is 3.65. The molecule has 0 bridgehead atoms. The molecule has 29 heavy (non-hydrogen) atoms.